The Morgan fingerprint density at radius 2 is 2.29 bits per heavy atom. The zero-order valence-corrected chi connectivity index (χ0v) is 9.07. The average Bonchev–Trinajstić information content (AvgIpc) is 2.30. The molecule has 1 aliphatic rings. The van der Waals surface area contributed by atoms with Gasteiger partial charge in [-0.05, 0) is 0 Å². The Kier molecular flexibility index (Phi) is 3.41. The van der Waals surface area contributed by atoms with Crippen LogP contribution >= 0.6 is 0 Å². The van der Waals surface area contributed by atoms with E-state index in [1.807, 2.05) is 0 Å². The van der Waals surface area contributed by atoms with Crippen molar-refractivity contribution in [2.24, 2.45) is 0 Å². The molecule has 0 bridgehead atoms. The van der Waals surface area contributed by atoms with Crippen LogP contribution in [-0.4, -0.2) is 45.2 Å². The number of nitrogens with zero attached hydrogens (tertiary/aromatic N) is 1. The molecule has 0 spiro atoms. The third kappa shape index (κ3) is 2.46. The van der Waals surface area contributed by atoms with Crippen LogP contribution in [0.5, 0.6) is 0 Å². The van der Waals surface area contributed by atoms with E-state index in [2.05, 4.69) is 4.98 Å². The normalized spacial score (nSPS) is 29.2. The monoisotopic (exact) mass is 242 g/mol. The zero-order valence-electron chi connectivity index (χ0n) is 9.07. The molecule has 0 radical (unpaired) electrons. The molecule has 0 saturated carbocycles. The van der Waals surface area contributed by atoms with Crippen LogP contribution in [0, 0.1) is 0 Å². The van der Waals surface area contributed by atoms with Crippen LogP contribution in [0.1, 0.15) is 12.5 Å². The van der Waals surface area contributed by atoms with Crippen LogP contribution in [0.25, 0.3) is 0 Å². The van der Waals surface area contributed by atoms with Crippen LogP contribution in [0.4, 0.5) is 0 Å². The Balaban J connectivity index is 2.23. The molecule has 1 aliphatic heterocycles. The molecule has 1 aromatic heterocycles. The Morgan fingerprint density at radius 1 is 1.53 bits per heavy atom. The molecule has 0 amide bonds. The number of nitrogens with one attached hydrogen (secondary N) is 1. The Labute approximate surface area is 96.3 Å². The highest BCUT2D eigenvalue weighted by molar-refractivity contribution is 4.90. The third-order valence-corrected chi connectivity index (χ3v) is 2.86. The molecule has 0 aromatic carbocycles. The van der Waals surface area contributed by atoms with Gasteiger partial charge >= 0.3 is 5.69 Å². The quantitative estimate of drug-likeness (QED) is 0.568. The Hall–Kier alpha value is -1.44. The van der Waals surface area contributed by atoms with Gasteiger partial charge in [-0.15, -0.1) is 0 Å². The number of hydrogen-bond acceptors (Lipinski definition) is 5. The number of aromatic nitrogens is 2. The first kappa shape index (κ1) is 12.0. The number of aliphatic hydroxyl groups excluding tert-OH is 2. The van der Waals surface area contributed by atoms with E-state index in [1.165, 1.54) is 16.8 Å². The molecule has 2 heterocycles. The maximum atomic E-state index is 11.5. The fourth-order valence-electron chi connectivity index (χ4n) is 1.92. The highest BCUT2D eigenvalue weighted by Gasteiger charge is 2.31. The van der Waals surface area contributed by atoms with E-state index in [1.54, 1.807) is 0 Å². The zero-order chi connectivity index (χ0) is 12.4. The largest absolute Gasteiger partial charge is 0.394 e. The minimum absolute atomic E-state index is 0.123. The molecule has 94 valence electrons. The van der Waals surface area contributed by atoms with Crippen molar-refractivity contribution in [1.29, 1.82) is 0 Å². The molecule has 17 heavy (non-hydrogen) atoms. The summed E-state index contributed by atoms with van der Waals surface area (Å²) in [6.45, 7) is -0.0390. The lowest BCUT2D eigenvalue weighted by atomic mass is 10.0. The van der Waals surface area contributed by atoms with Crippen molar-refractivity contribution >= 4 is 0 Å². The van der Waals surface area contributed by atoms with Gasteiger partial charge in [0.25, 0.3) is 5.56 Å². The van der Waals surface area contributed by atoms with Crippen LogP contribution in [-0.2, 0) is 4.74 Å². The van der Waals surface area contributed by atoms with Gasteiger partial charge in [0.05, 0.1) is 31.5 Å². The van der Waals surface area contributed by atoms with Crippen LogP contribution in [0.3, 0.4) is 0 Å². The predicted molar refractivity (Wildman–Crippen MR) is 57.8 cm³/mol. The number of H-pyrrole nitrogens is 1. The first-order valence-corrected chi connectivity index (χ1v) is 5.34. The summed E-state index contributed by atoms with van der Waals surface area (Å²) in [7, 11) is 0. The number of hydrogen-bond donors (Lipinski definition) is 3. The van der Waals surface area contributed by atoms with Gasteiger partial charge in [0, 0.05) is 18.7 Å². The number of aromatic amines is 1. The molecule has 7 heteroatoms. The minimum atomic E-state index is -0.787. The van der Waals surface area contributed by atoms with E-state index in [4.69, 9.17) is 9.84 Å². The Morgan fingerprint density at radius 3 is 2.88 bits per heavy atom. The second kappa shape index (κ2) is 4.82. The second-order valence-electron chi connectivity index (χ2n) is 4.03. The van der Waals surface area contributed by atoms with Gasteiger partial charge in [-0.3, -0.25) is 14.3 Å². The molecule has 1 saturated heterocycles. The van der Waals surface area contributed by atoms with Crippen LogP contribution < -0.4 is 11.2 Å². The van der Waals surface area contributed by atoms with Gasteiger partial charge in [-0.1, -0.05) is 0 Å². The van der Waals surface area contributed by atoms with Gasteiger partial charge in [0.15, 0.2) is 0 Å². The second-order valence-corrected chi connectivity index (χ2v) is 4.03. The van der Waals surface area contributed by atoms with E-state index in [-0.39, 0.29) is 19.6 Å². The van der Waals surface area contributed by atoms with Gasteiger partial charge < -0.3 is 14.9 Å². The van der Waals surface area contributed by atoms with Gasteiger partial charge in [-0.2, -0.15) is 0 Å². The first-order valence-electron chi connectivity index (χ1n) is 5.34. The van der Waals surface area contributed by atoms with Gasteiger partial charge in [-0.25, -0.2) is 4.79 Å². The van der Waals surface area contributed by atoms with E-state index >= 15 is 0 Å². The standard InChI is InChI=1S/C10H14N2O5/c13-4-6-3-8(14)7(5-17-6)12-2-1-9(15)11-10(12)16/h1-2,6-8,13-14H,3-5H2,(H,11,15,16)/t6-,7+,8-/m0/s1. The maximum Gasteiger partial charge on any atom is 0.328 e. The smallest absolute Gasteiger partial charge is 0.328 e. The van der Waals surface area contributed by atoms with Crippen molar-refractivity contribution in [3.05, 3.63) is 33.1 Å². The van der Waals surface area contributed by atoms with E-state index in [9.17, 15) is 14.7 Å². The molecule has 2 rings (SSSR count). The van der Waals surface area contributed by atoms with Crippen LogP contribution in [0.15, 0.2) is 21.9 Å². The molecule has 1 aromatic rings. The van der Waals surface area contributed by atoms with Crippen molar-refractivity contribution in [3.8, 4) is 0 Å². The highest BCUT2D eigenvalue weighted by Crippen LogP contribution is 2.22. The summed E-state index contributed by atoms with van der Waals surface area (Å²) in [6, 6.07) is 0.675. The minimum Gasteiger partial charge on any atom is -0.394 e. The summed E-state index contributed by atoms with van der Waals surface area (Å²) in [5.41, 5.74) is -1.06. The molecular formula is C10H14N2O5. The molecule has 0 aliphatic carbocycles. The van der Waals surface area contributed by atoms with Gasteiger partial charge in [0.2, 0.25) is 0 Å². The molecule has 7 nitrogen and oxygen atoms in total. The van der Waals surface area contributed by atoms with E-state index < -0.39 is 29.5 Å². The lowest BCUT2D eigenvalue weighted by Gasteiger charge is -2.33. The lowest BCUT2D eigenvalue weighted by Crippen LogP contribution is -2.44. The fourth-order valence-corrected chi connectivity index (χ4v) is 1.92. The summed E-state index contributed by atoms with van der Waals surface area (Å²) >= 11 is 0. The first-order chi connectivity index (χ1) is 8.11. The topological polar surface area (TPSA) is 105 Å². The van der Waals surface area contributed by atoms with Gasteiger partial charge in [0.1, 0.15) is 0 Å². The molecule has 1 fully saturated rings. The number of ether oxygens (including phenoxy) is 1. The van der Waals surface area contributed by atoms with Crippen molar-refractivity contribution in [2.75, 3.05) is 13.2 Å². The van der Waals surface area contributed by atoms with E-state index in [0.29, 0.717) is 0 Å². The Bertz CT molecular complexity index is 494. The maximum absolute atomic E-state index is 11.5. The summed E-state index contributed by atoms with van der Waals surface area (Å²) in [6.07, 6.45) is 0.397. The summed E-state index contributed by atoms with van der Waals surface area (Å²) in [4.78, 5) is 24.6. The van der Waals surface area contributed by atoms with Crippen LogP contribution in [0.2, 0.25) is 0 Å². The number of aliphatic hydroxyl groups is 2. The SMILES string of the molecule is O=c1ccn([C@@H]2CO[C@H](CO)C[C@@H]2O)c(=O)[nH]1. The fraction of sp³-hybridized carbons (Fsp3) is 0.600. The third-order valence-electron chi connectivity index (χ3n) is 2.86. The van der Waals surface area contributed by atoms with E-state index in [0.717, 1.165) is 0 Å². The van der Waals surface area contributed by atoms with Crippen molar-refractivity contribution in [3.63, 3.8) is 0 Å². The number of rotatable bonds is 2. The predicted octanol–water partition coefficient (Wildman–Crippen LogP) is -1.78. The highest BCUT2D eigenvalue weighted by atomic mass is 16.5. The lowest BCUT2D eigenvalue weighted by molar-refractivity contribution is -0.0943. The molecule has 3 atom stereocenters. The van der Waals surface area contributed by atoms with Crippen molar-refractivity contribution < 1.29 is 14.9 Å². The van der Waals surface area contributed by atoms with Crippen molar-refractivity contribution in [1.82, 2.24) is 9.55 Å². The molecule has 0 unspecified atom stereocenters. The summed E-state index contributed by atoms with van der Waals surface area (Å²) in [5, 5.41) is 18.8. The summed E-state index contributed by atoms with van der Waals surface area (Å²) < 4.78 is 6.52. The molecule has 3 N–H and O–H groups in total. The summed E-state index contributed by atoms with van der Waals surface area (Å²) in [5.74, 6) is 0. The molecular weight excluding hydrogens is 228 g/mol. The average molecular weight is 242 g/mol. The van der Waals surface area contributed by atoms with Crippen molar-refractivity contribution in [2.45, 2.75) is 24.7 Å².